The average Bonchev–Trinajstić information content (AvgIpc) is 3.46. The Morgan fingerprint density at radius 2 is 1.64 bits per heavy atom. The van der Waals surface area contributed by atoms with Crippen molar-refractivity contribution in [1.82, 2.24) is 9.97 Å². The molecule has 8 heteroatoms. The Kier molecular flexibility index (Phi) is 4.19. The molecule has 0 fully saturated rings. The van der Waals surface area contributed by atoms with E-state index in [2.05, 4.69) is 15.1 Å². The molecule has 0 N–H and O–H groups in total. The Bertz CT molecular complexity index is 1240. The van der Waals surface area contributed by atoms with Crippen LogP contribution in [0.15, 0.2) is 76.4 Å². The van der Waals surface area contributed by atoms with Crippen LogP contribution in [0.3, 0.4) is 0 Å². The molecule has 1 amide bonds. The zero-order valence-corrected chi connectivity index (χ0v) is 16.0. The number of thiazole rings is 2. The van der Waals surface area contributed by atoms with Crippen LogP contribution >= 0.6 is 22.7 Å². The summed E-state index contributed by atoms with van der Waals surface area (Å²) in [7, 11) is 0. The van der Waals surface area contributed by atoms with Crippen molar-refractivity contribution in [2.24, 2.45) is 5.10 Å². The van der Waals surface area contributed by atoms with E-state index in [-0.39, 0.29) is 5.91 Å². The molecule has 0 aliphatic heterocycles. The molecular formula is C20H12N4O2S2. The number of furan rings is 1. The van der Waals surface area contributed by atoms with Gasteiger partial charge in [-0.05, 0) is 36.4 Å². The number of amides is 1. The molecular weight excluding hydrogens is 392 g/mol. The minimum absolute atomic E-state index is 0.330. The number of benzene rings is 2. The van der Waals surface area contributed by atoms with E-state index in [1.54, 1.807) is 18.4 Å². The van der Waals surface area contributed by atoms with Gasteiger partial charge < -0.3 is 4.42 Å². The van der Waals surface area contributed by atoms with Crippen LogP contribution in [-0.4, -0.2) is 22.1 Å². The van der Waals surface area contributed by atoms with Gasteiger partial charge in [-0.1, -0.05) is 35.6 Å². The van der Waals surface area contributed by atoms with E-state index in [9.17, 15) is 4.79 Å². The summed E-state index contributed by atoms with van der Waals surface area (Å²) in [5.41, 5.74) is 1.60. The Labute approximate surface area is 167 Å². The molecule has 28 heavy (non-hydrogen) atoms. The number of rotatable bonds is 4. The van der Waals surface area contributed by atoms with E-state index in [0.29, 0.717) is 15.9 Å². The number of fused-ring (bicyclic) bond motifs is 2. The molecule has 0 unspecified atom stereocenters. The molecule has 3 heterocycles. The third kappa shape index (κ3) is 3.08. The van der Waals surface area contributed by atoms with Crippen molar-refractivity contribution in [2.75, 3.05) is 5.01 Å². The highest BCUT2D eigenvalue weighted by atomic mass is 32.1. The molecule has 0 saturated heterocycles. The molecule has 2 aromatic carbocycles. The van der Waals surface area contributed by atoms with Crippen molar-refractivity contribution in [1.29, 1.82) is 0 Å². The lowest BCUT2D eigenvalue weighted by molar-refractivity contribution is 0.0987. The number of carbonyl (C=O) groups is 1. The molecule has 6 nitrogen and oxygen atoms in total. The third-order valence-electron chi connectivity index (χ3n) is 3.98. The molecule has 0 aliphatic rings. The van der Waals surface area contributed by atoms with Crippen molar-refractivity contribution < 1.29 is 9.21 Å². The zero-order valence-electron chi connectivity index (χ0n) is 14.4. The van der Waals surface area contributed by atoms with Gasteiger partial charge in [0.2, 0.25) is 5.13 Å². The fourth-order valence-electron chi connectivity index (χ4n) is 2.67. The molecule has 0 aliphatic carbocycles. The number of anilines is 1. The Morgan fingerprint density at radius 1 is 0.929 bits per heavy atom. The highest BCUT2D eigenvalue weighted by Crippen LogP contribution is 2.31. The second kappa shape index (κ2) is 6.99. The Morgan fingerprint density at radius 3 is 2.32 bits per heavy atom. The second-order valence-electron chi connectivity index (χ2n) is 5.83. The summed E-state index contributed by atoms with van der Waals surface area (Å²) in [6, 6.07) is 18.9. The first-order chi connectivity index (χ1) is 13.8. The normalized spacial score (nSPS) is 11.6. The third-order valence-corrected chi connectivity index (χ3v) is 6.01. The monoisotopic (exact) mass is 404 g/mol. The summed E-state index contributed by atoms with van der Waals surface area (Å²) in [5, 5.41) is 6.48. The smallest absolute Gasteiger partial charge is 0.309 e. The predicted octanol–water partition coefficient (Wildman–Crippen LogP) is 5.18. The number of nitrogens with zero attached hydrogens (tertiary/aromatic N) is 4. The lowest BCUT2D eigenvalue weighted by atomic mass is 10.3. The van der Waals surface area contributed by atoms with E-state index in [4.69, 9.17) is 4.42 Å². The van der Waals surface area contributed by atoms with E-state index in [0.717, 1.165) is 20.4 Å². The van der Waals surface area contributed by atoms with Gasteiger partial charge in [-0.25, -0.2) is 9.97 Å². The number of hydrogen-bond acceptors (Lipinski definition) is 7. The molecule has 0 atom stereocenters. The minimum atomic E-state index is -0.330. The minimum Gasteiger partial charge on any atom is -0.463 e. The quantitative estimate of drug-likeness (QED) is 0.306. The van der Waals surface area contributed by atoms with E-state index in [1.165, 1.54) is 33.9 Å². The van der Waals surface area contributed by atoms with Crippen LogP contribution in [0.4, 0.5) is 5.13 Å². The van der Waals surface area contributed by atoms with Crippen molar-refractivity contribution >= 4 is 60.4 Å². The van der Waals surface area contributed by atoms with Crippen molar-refractivity contribution in [3.8, 4) is 0 Å². The summed E-state index contributed by atoms with van der Waals surface area (Å²) in [6.45, 7) is 0. The number of para-hydroxylation sites is 2. The molecule has 0 radical (unpaired) electrons. The first-order valence-electron chi connectivity index (χ1n) is 8.41. The van der Waals surface area contributed by atoms with Crippen molar-refractivity contribution in [2.45, 2.75) is 0 Å². The van der Waals surface area contributed by atoms with Gasteiger partial charge in [0, 0.05) is 0 Å². The highest BCUT2D eigenvalue weighted by Gasteiger charge is 2.24. The van der Waals surface area contributed by atoms with Crippen LogP contribution in [0, 0.1) is 0 Å². The van der Waals surface area contributed by atoms with Crippen molar-refractivity contribution in [3.05, 3.63) is 77.7 Å². The molecule has 0 spiro atoms. The van der Waals surface area contributed by atoms with Gasteiger partial charge in [0.15, 0.2) is 5.01 Å². The average molecular weight is 404 g/mol. The Hall–Kier alpha value is -3.36. The topological polar surface area (TPSA) is 71.6 Å². The van der Waals surface area contributed by atoms with E-state index >= 15 is 0 Å². The first kappa shape index (κ1) is 16.8. The molecule has 0 bridgehead atoms. The highest BCUT2D eigenvalue weighted by molar-refractivity contribution is 7.22. The molecule has 5 aromatic rings. The maximum absolute atomic E-state index is 13.2. The van der Waals surface area contributed by atoms with Crippen LogP contribution in [0.2, 0.25) is 0 Å². The molecule has 3 aromatic heterocycles. The number of aromatic nitrogens is 2. The predicted molar refractivity (Wildman–Crippen MR) is 112 cm³/mol. The molecule has 5 rings (SSSR count). The molecule has 136 valence electrons. The SMILES string of the molecule is O=C(c1nc2ccccc2s1)N(/N=C\c1ccco1)c1nc2ccccc2s1. The van der Waals surface area contributed by atoms with Crippen LogP contribution in [-0.2, 0) is 0 Å². The van der Waals surface area contributed by atoms with Gasteiger partial charge in [0.05, 0.1) is 32.9 Å². The fraction of sp³-hybridized carbons (Fsp3) is 0. The zero-order chi connectivity index (χ0) is 18.9. The Balaban J connectivity index is 1.58. The lowest BCUT2D eigenvalue weighted by Gasteiger charge is -2.11. The van der Waals surface area contributed by atoms with Crippen LogP contribution in [0.5, 0.6) is 0 Å². The summed E-state index contributed by atoms with van der Waals surface area (Å²) < 4.78 is 7.22. The number of carbonyl (C=O) groups excluding carboxylic acids is 1. The maximum Gasteiger partial charge on any atom is 0.309 e. The summed E-state index contributed by atoms with van der Waals surface area (Å²) in [5.74, 6) is 0.214. The summed E-state index contributed by atoms with van der Waals surface area (Å²) >= 11 is 2.73. The van der Waals surface area contributed by atoms with Gasteiger partial charge in [-0.15, -0.1) is 11.3 Å². The van der Waals surface area contributed by atoms with Gasteiger partial charge in [0.25, 0.3) is 0 Å². The summed E-state index contributed by atoms with van der Waals surface area (Å²) in [6.07, 6.45) is 3.05. The van der Waals surface area contributed by atoms with Crippen molar-refractivity contribution in [3.63, 3.8) is 0 Å². The van der Waals surface area contributed by atoms with Gasteiger partial charge >= 0.3 is 5.91 Å². The first-order valence-corrected chi connectivity index (χ1v) is 10.0. The fourth-order valence-corrected chi connectivity index (χ4v) is 4.49. The second-order valence-corrected chi connectivity index (χ2v) is 7.87. The van der Waals surface area contributed by atoms with Gasteiger partial charge in [0.1, 0.15) is 5.76 Å². The number of hydrogen-bond donors (Lipinski definition) is 0. The molecule has 0 saturated carbocycles. The maximum atomic E-state index is 13.2. The standard InChI is InChI=1S/C20H12N4O2S2/c25-19(18-22-14-7-1-3-9-16(14)27-18)24(21-12-13-6-5-11-26-13)20-23-15-8-2-4-10-17(15)28-20/h1-12H/b21-12-. The van der Waals surface area contributed by atoms with Crippen LogP contribution < -0.4 is 5.01 Å². The van der Waals surface area contributed by atoms with E-state index in [1.807, 2.05) is 48.5 Å². The van der Waals surface area contributed by atoms with Gasteiger partial charge in [-0.2, -0.15) is 10.1 Å². The van der Waals surface area contributed by atoms with E-state index < -0.39 is 0 Å². The summed E-state index contributed by atoms with van der Waals surface area (Å²) in [4.78, 5) is 22.3. The number of hydrazone groups is 1. The van der Waals surface area contributed by atoms with Crippen LogP contribution in [0.1, 0.15) is 15.6 Å². The van der Waals surface area contributed by atoms with Gasteiger partial charge in [-0.3, -0.25) is 4.79 Å². The lowest BCUT2D eigenvalue weighted by Crippen LogP contribution is -2.25. The largest absolute Gasteiger partial charge is 0.463 e. The van der Waals surface area contributed by atoms with Crippen LogP contribution in [0.25, 0.3) is 20.4 Å².